The molecule has 0 aliphatic carbocycles. The Bertz CT molecular complexity index is 944. The SMILES string of the molecule is CN(C)CCCc1ccc(/C(=C(/CCCl)c2ccccc2)c2ccc(O)cc2)cc1. The first kappa shape index (κ1) is 22.1. The number of allylic oxidation sites excluding steroid dienone is 1. The molecule has 0 aromatic heterocycles. The fraction of sp³-hybridized carbons (Fsp3) is 0.259. The molecular weight excluding hydrogens is 390 g/mol. The van der Waals surface area contributed by atoms with Crippen LogP contribution in [0.4, 0.5) is 0 Å². The standard InChI is InChI=1S/C27H30ClNO/c1-29(2)20-6-7-21-10-12-23(13-11-21)27(24-14-16-25(30)17-15-24)26(18-19-28)22-8-4-3-5-9-22/h3-5,8-17,30H,6-7,18-20H2,1-2H3/b27-26+. The number of nitrogens with zero attached hydrogens (tertiary/aromatic N) is 1. The number of benzene rings is 3. The lowest BCUT2D eigenvalue weighted by Crippen LogP contribution is -2.13. The number of hydrogen-bond acceptors (Lipinski definition) is 2. The Morgan fingerprint density at radius 2 is 1.40 bits per heavy atom. The lowest BCUT2D eigenvalue weighted by atomic mass is 9.87. The van der Waals surface area contributed by atoms with Gasteiger partial charge < -0.3 is 10.0 Å². The van der Waals surface area contributed by atoms with E-state index in [4.69, 9.17) is 11.6 Å². The molecule has 156 valence electrons. The summed E-state index contributed by atoms with van der Waals surface area (Å²) in [6.45, 7) is 1.09. The second-order valence-corrected chi connectivity index (χ2v) is 8.19. The maximum absolute atomic E-state index is 9.79. The normalized spacial score (nSPS) is 12.1. The summed E-state index contributed by atoms with van der Waals surface area (Å²) in [5.74, 6) is 0.821. The number of hydrogen-bond donors (Lipinski definition) is 1. The molecule has 0 atom stereocenters. The van der Waals surface area contributed by atoms with Crippen molar-refractivity contribution in [2.45, 2.75) is 19.3 Å². The van der Waals surface area contributed by atoms with Crippen molar-refractivity contribution >= 4 is 22.7 Å². The molecule has 3 aromatic carbocycles. The van der Waals surface area contributed by atoms with Crippen molar-refractivity contribution in [3.05, 3.63) is 101 Å². The third-order valence-electron chi connectivity index (χ3n) is 5.24. The molecule has 0 amide bonds. The second-order valence-electron chi connectivity index (χ2n) is 7.81. The number of phenolic OH excluding ortho intramolecular Hbond substituents is 1. The highest BCUT2D eigenvalue weighted by Gasteiger charge is 2.14. The monoisotopic (exact) mass is 419 g/mol. The smallest absolute Gasteiger partial charge is 0.115 e. The van der Waals surface area contributed by atoms with E-state index < -0.39 is 0 Å². The molecule has 2 nitrogen and oxygen atoms in total. The van der Waals surface area contributed by atoms with Gasteiger partial charge in [-0.05, 0) is 85.4 Å². The van der Waals surface area contributed by atoms with Crippen molar-refractivity contribution in [2.24, 2.45) is 0 Å². The average molecular weight is 420 g/mol. The quantitative estimate of drug-likeness (QED) is 0.317. The average Bonchev–Trinajstić information content (AvgIpc) is 2.76. The molecule has 30 heavy (non-hydrogen) atoms. The highest BCUT2D eigenvalue weighted by molar-refractivity contribution is 6.18. The molecule has 3 aromatic rings. The summed E-state index contributed by atoms with van der Waals surface area (Å²) < 4.78 is 0. The summed E-state index contributed by atoms with van der Waals surface area (Å²) in [4.78, 5) is 2.22. The van der Waals surface area contributed by atoms with Gasteiger partial charge in [0.05, 0.1) is 0 Å². The molecular formula is C27H30ClNO. The van der Waals surface area contributed by atoms with Crippen LogP contribution in [0.25, 0.3) is 11.1 Å². The topological polar surface area (TPSA) is 23.5 Å². The van der Waals surface area contributed by atoms with Gasteiger partial charge in [0, 0.05) is 5.88 Å². The van der Waals surface area contributed by atoms with E-state index in [0.717, 1.165) is 31.4 Å². The van der Waals surface area contributed by atoms with Gasteiger partial charge in [-0.1, -0.05) is 66.7 Å². The van der Waals surface area contributed by atoms with E-state index in [-0.39, 0.29) is 5.75 Å². The zero-order valence-electron chi connectivity index (χ0n) is 17.8. The first-order valence-electron chi connectivity index (χ1n) is 10.5. The molecule has 1 N–H and O–H groups in total. The van der Waals surface area contributed by atoms with Crippen LogP contribution in [0.2, 0.25) is 0 Å². The van der Waals surface area contributed by atoms with E-state index in [0.29, 0.717) is 5.88 Å². The van der Waals surface area contributed by atoms with Crippen molar-refractivity contribution in [3.8, 4) is 5.75 Å². The highest BCUT2D eigenvalue weighted by atomic mass is 35.5. The van der Waals surface area contributed by atoms with E-state index in [1.165, 1.54) is 27.8 Å². The van der Waals surface area contributed by atoms with Crippen LogP contribution >= 0.6 is 11.6 Å². The van der Waals surface area contributed by atoms with Crippen LogP contribution in [0.3, 0.4) is 0 Å². The minimum atomic E-state index is 0.271. The Kier molecular flexibility index (Phi) is 8.12. The summed E-state index contributed by atoms with van der Waals surface area (Å²) in [7, 11) is 4.22. The van der Waals surface area contributed by atoms with Crippen molar-refractivity contribution in [2.75, 3.05) is 26.5 Å². The van der Waals surface area contributed by atoms with E-state index in [2.05, 4.69) is 67.5 Å². The second kappa shape index (κ2) is 11.0. The van der Waals surface area contributed by atoms with Gasteiger partial charge in [0.1, 0.15) is 5.75 Å². The summed E-state index contributed by atoms with van der Waals surface area (Å²) >= 11 is 6.22. The Morgan fingerprint density at radius 3 is 1.97 bits per heavy atom. The van der Waals surface area contributed by atoms with Gasteiger partial charge in [-0.2, -0.15) is 0 Å². The summed E-state index contributed by atoms with van der Waals surface area (Å²) in [5.41, 5.74) is 7.16. The van der Waals surface area contributed by atoms with E-state index in [1.807, 2.05) is 18.2 Å². The van der Waals surface area contributed by atoms with Gasteiger partial charge in [0.15, 0.2) is 0 Å². The first-order valence-corrected chi connectivity index (χ1v) is 11.0. The lowest BCUT2D eigenvalue weighted by Gasteiger charge is -2.17. The molecule has 0 unspecified atom stereocenters. The van der Waals surface area contributed by atoms with Crippen LogP contribution in [-0.2, 0) is 6.42 Å². The Labute approximate surface area is 185 Å². The molecule has 0 fully saturated rings. The van der Waals surface area contributed by atoms with Gasteiger partial charge in [0.2, 0.25) is 0 Å². The first-order chi connectivity index (χ1) is 14.6. The third-order valence-corrected chi connectivity index (χ3v) is 5.43. The molecule has 0 saturated heterocycles. The highest BCUT2D eigenvalue weighted by Crippen LogP contribution is 2.35. The number of rotatable bonds is 9. The maximum Gasteiger partial charge on any atom is 0.115 e. The fourth-order valence-electron chi connectivity index (χ4n) is 3.73. The van der Waals surface area contributed by atoms with Crippen LogP contribution in [0, 0.1) is 0 Å². The van der Waals surface area contributed by atoms with Gasteiger partial charge in [-0.15, -0.1) is 11.6 Å². The maximum atomic E-state index is 9.79. The molecule has 0 saturated carbocycles. The third kappa shape index (κ3) is 5.98. The van der Waals surface area contributed by atoms with Crippen molar-refractivity contribution in [3.63, 3.8) is 0 Å². The van der Waals surface area contributed by atoms with Gasteiger partial charge in [-0.3, -0.25) is 0 Å². The Balaban J connectivity index is 2.04. The number of phenols is 1. The van der Waals surface area contributed by atoms with Gasteiger partial charge >= 0.3 is 0 Å². The predicted molar refractivity (Wildman–Crippen MR) is 129 cm³/mol. The van der Waals surface area contributed by atoms with Gasteiger partial charge in [0.25, 0.3) is 0 Å². The molecule has 0 radical (unpaired) electrons. The molecule has 3 heteroatoms. The molecule has 3 rings (SSSR count). The zero-order valence-corrected chi connectivity index (χ0v) is 18.6. The fourth-order valence-corrected chi connectivity index (χ4v) is 3.92. The summed E-state index contributed by atoms with van der Waals surface area (Å²) in [5, 5.41) is 9.79. The van der Waals surface area contributed by atoms with E-state index in [9.17, 15) is 5.11 Å². The molecule has 0 bridgehead atoms. The Hall–Kier alpha value is -2.55. The molecule has 0 aliphatic heterocycles. The number of halogens is 1. The van der Waals surface area contributed by atoms with Crippen molar-refractivity contribution in [1.82, 2.24) is 4.90 Å². The Morgan fingerprint density at radius 1 is 0.800 bits per heavy atom. The zero-order chi connectivity index (χ0) is 21.3. The largest absolute Gasteiger partial charge is 0.508 e. The minimum absolute atomic E-state index is 0.271. The summed E-state index contributed by atoms with van der Waals surface area (Å²) in [6.07, 6.45) is 2.99. The number of aromatic hydroxyl groups is 1. The molecule has 0 heterocycles. The minimum Gasteiger partial charge on any atom is -0.508 e. The van der Waals surface area contributed by atoms with Crippen molar-refractivity contribution < 1.29 is 5.11 Å². The van der Waals surface area contributed by atoms with Crippen LogP contribution < -0.4 is 0 Å². The van der Waals surface area contributed by atoms with Crippen LogP contribution in [-0.4, -0.2) is 36.5 Å². The predicted octanol–water partition coefficient (Wildman–Crippen LogP) is 6.47. The van der Waals surface area contributed by atoms with E-state index in [1.54, 1.807) is 12.1 Å². The van der Waals surface area contributed by atoms with Gasteiger partial charge in [-0.25, -0.2) is 0 Å². The number of alkyl halides is 1. The van der Waals surface area contributed by atoms with E-state index >= 15 is 0 Å². The summed E-state index contributed by atoms with van der Waals surface area (Å²) in [6, 6.07) is 26.8. The van der Waals surface area contributed by atoms with Crippen LogP contribution in [0.5, 0.6) is 5.75 Å². The van der Waals surface area contributed by atoms with Crippen LogP contribution in [0.15, 0.2) is 78.9 Å². The molecule has 0 aliphatic rings. The van der Waals surface area contributed by atoms with Crippen LogP contribution in [0.1, 0.15) is 35.1 Å². The lowest BCUT2D eigenvalue weighted by molar-refractivity contribution is 0.400. The van der Waals surface area contributed by atoms with Crippen molar-refractivity contribution in [1.29, 1.82) is 0 Å². The molecule has 0 spiro atoms. The number of aryl methyl sites for hydroxylation is 1.